The number of halogens is 1. The van der Waals surface area contributed by atoms with Crippen LogP contribution in [-0.4, -0.2) is 32.2 Å². The number of anilines is 1. The van der Waals surface area contributed by atoms with Gasteiger partial charge in [0.1, 0.15) is 13.2 Å². The number of rotatable bonds is 2. The van der Waals surface area contributed by atoms with E-state index in [9.17, 15) is 4.79 Å². The van der Waals surface area contributed by atoms with Crippen molar-refractivity contribution >= 4 is 27.5 Å². The number of hydrogen-bond acceptors (Lipinski definition) is 4. The Kier molecular flexibility index (Phi) is 4.12. The minimum absolute atomic E-state index is 0.0730. The molecule has 0 unspecified atom stereocenters. The maximum absolute atomic E-state index is 12.3. The SMILES string of the molecule is O=C(Nc1cc2c(cc1Br)OCCO2)C1CCNCC1. The van der Waals surface area contributed by atoms with E-state index in [1.165, 1.54) is 0 Å². The fourth-order valence-electron chi connectivity index (χ4n) is 2.48. The molecule has 0 bridgehead atoms. The second-order valence-electron chi connectivity index (χ2n) is 4.99. The largest absolute Gasteiger partial charge is 0.486 e. The number of carbonyl (C=O) groups excluding carboxylic acids is 1. The van der Waals surface area contributed by atoms with Crippen molar-refractivity contribution in [3.63, 3.8) is 0 Å². The van der Waals surface area contributed by atoms with Crippen LogP contribution in [0.4, 0.5) is 5.69 Å². The van der Waals surface area contributed by atoms with Crippen LogP contribution in [0, 0.1) is 5.92 Å². The standard InChI is InChI=1S/C14H17BrN2O3/c15-10-7-12-13(20-6-5-19-12)8-11(10)17-14(18)9-1-3-16-4-2-9/h7-9,16H,1-6H2,(H,17,18). The van der Waals surface area contributed by atoms with Gasteiger partial charge in [0.25, 0.3) is 0 Å². The predicted molar refractivity (Wildman–Crippen MR) is 79.4 cm³/mol. The molecule has 0 aliphatic carbocycles. The van der Waals surface area contributed by atoms with E-state index in [1.54, 1.807) is 0 Å². The Hall–Kier alpha value is -1.27. The van der Waals surface area contributed by atoms with Crippen molar-refractivity contribution in [2.24, 2.45) is 5.92 Å². The monoisotopic (exact) mass is 340 g/mol. The highest BCUT2D eigenvalue weighted by atomic mass is 79.9. The highest BCUT2D eigenvalue weighted by molar-refractivity contribution is 9.10. The third-order valence-corrected chi connectivity index (χ3v) is 4.26. The number of benzene rings is 1. The Balaban J connectivity index is 1.74. The summed E-state index contributed by atoms with van der Waals surface area (Å²) in [6.07, 6.45) is 1.77. The van der Waals surface area contributed by atoms with Crippen molar-refractivity contribution in [1.82, 2.24) is 5.32 Å². The number of piperidine rings is 1. The fourth-order valence-corrected chi connectivity index (χ4v) is 2.90. The van der Waals surface area contributed by atoms with E-state index in [1.807, 2.05) is 12.1 Å². The molecule has 3 rings (SSSR count). The van der Waals surface area contributed by atoms with Crippen molar-refractivity contribution in [3.8, 4) is 11.5 Å². The smallest absolute Gasteiger partial charge is 0.227 e. The zero-order valence-corrected chi connectivity index (χ0v) is 12.7. The van der Waals surface area contributed by atoms with Crippen LogP contribution in [0.25, 0.3) is 0 Å². The lowest BCUT2D eigenvalue weighted by molar-refractivity contribution is -0.120. The summed E-state index contributed by atoms with van der Waals surface area (Å²) in [6.45, 7) is 2.90. The maximum Gasteiger partial charge on any atom is 0.227 e. The summed E-state index contributed by atoms with van der Waals surface area (Å²) in [5.41, 5.74) is 0.734. The molecular formula is C14H17BrN2O3. The molecule has 0 saturated carbocycles. The molecule has 2 heterocycles. The molecule has 1 saturated heterocycles. The van der Waals surface area contributed by atoms with Crippen LogP contribution in [0.3, 0.4) is 0 Å². The molecule has 2 N–H and O–H groups in total. The molecular weight excluding hydrogens is 324 g/mol. The highest BCUT2D eigenvalue weighted by Crippen LogP contribution is 2.38. The lowest BCUT2D eigenvalue weighted by atomic mass is 9.97. The van der Waals surface area contributed by atoms with Gasteiger partial charge in [-0.3, -0.25) is 4.79 Å². The lowest BCUT2D eigenvalue weighted by Crippen LogP contribution is -2.34. The molecule has 2 aliphatic heterocycles. The van der Waals surface area contributed by atoms with Gasteiger partial charge in [-0.05, 0) is 41.9 Å². The first kappa shape index (κ1) is 13.7. The molecule has 20 heavy (non-hydrogen) atoms. The van der Waals surface area contributed by atoms with E-state index in [0.29, 0.717) is 24.7 Å². The second-order valence-corrected chi connectivity index (χ2v) is 5.84. The lowest BCUT2D eigenvalue weighted by Gasteiger charge is -2.23. The molecule has 0 aromatic heterocycles. The quantitative estimate of drug-likeness (QED) is 0.866. The third kappa shape index (κ3) is 2.91. The van der Waals surface area contributed by atoms with Crippen LogP contribution in [0.5, 0.6) is 11.5 Å². The zero-order chi connectivity index (χ0) is 13.9. The first-order chi connectivity index (χ1) is 9.74. The van der Waals surface area contributed by atoms with Gasteiger partial charge in [-0.25, -0.2) is 0 Å². The Morgan fingerprint density at radius 2 is 1.85 bits per heavy atom. The van der Waals surface area contributed by atoms with Crippen LogP contribution < -0.4 is 20.1 Å². The maximum atomic E-state index is 12.3. The number of ether oxygens (including phenoxy) is 2. The number of fused-ring (bicyclic) bond motifs is 1. The van der Waals surface area contributed by atoms with Gasteiger partial charge in [-0.1, -0.05) is 0 Å². The Labute approximate surface area is 126 Å². The van der Waals surface area contributed by atoms with Gasteiger partial charge in [0.2, 0.25) is 5.91 Å². The molecule has 1 aromatic carbocycles. The average molecular weight is 341 g/mol. The van der Waals surface area contributed by atoms with Crippen molar-refractivity contribution in [2.45, 2.75) is 12.8 Å². The molecule has 0 radical (unpaired) electrons. The molecule has 5 nitrogen and oxygen atoms in total. The van der Waals surface area contributed by atoms with Gasteiger partial charge >= 0.3 is 0 Å². The Morgan fingerprint density at radius 1 is 1.20 bits per heavy atom. The van der Waals surface area contributed by atoms with E-state index in [4.69, 9.17) is 9.47 Å². The predicted octanol–water partition coefficient (Wildman–Crippen LogP) is 2.16. The number of nitrogens with one attached hydrogen (secondary N) is 2. The second kappa shape index (κ2) is 6.01. The average Bonchev–Trinajstić information content (AvgIpc) is 2.49. The summed E-state index contributed by atoms with van der Waals surface area (Å²) in [5.74, 6) is 1.54. The third-order valence-electron chi connectivity index (χ3n) is 3.60. The van der Waals surface area contributed by atoms with E-state index in [2.05, 4.69) is 26.6 Å². The number of carbonyl (C=O) groups is 1. The van der Waals surface area contributed by atoms with Crippen LogP contribution in [-0.2, 0) is 4.79 Å². The van der Waals surface area contributed by atoms with E-state index < -0.39 is 0 Å². The zero-order valence-electron chi connectivity index (χ0n) is 11.1. The summed E-state index contributed by atoms with van der Waals surface area (Å²) in [7, 11) is 0. The summed E-state index contributed by atoms with van der Waals surface area (Å²) in [4.78, 5) is 12.3. The molecule has 1 aromatic rings. The first-order valence-electron chi connectivity index (χ1n) is 6.85. The molecule has 108 valence electrons. The number of hydrogen-bond donors (Lipinski definition) is 2. The molecule has 0 spiro atoms. The first-order valence-corrected chi connectivity index (χ1v) is 7.64. The van der Waals surface area contributed by atoms with E-state index >= 15 is 0 Å². The van der Waals surface area contributed by atoms with Crippen molar-refractivity contribution in [2.75, 3.05) is 31.6 Å². The van der Waals surface area contributed by atoms with Gasteiger partial charge in [0, 0.05) is 22.5 Å². The summed E-state index contributed by atoms with van der Waals surface area (Å²) < 4.78 is 11.9. The fraction of sp³-hybridized carbons (Fsp3) is 0.500. The molecule has 1 fully saturated rings. The van der Waals surface area contributed by atoms with Gasteiger partial charge in [0.05, 0.1) is 5.69 Å². The van der Waals surface area contributed by atoms with Crippen LogP contribution in [0.2, 0.25) is 0 Å². The summed E-state index contributed by atoms with van der Waals surface area (Å²) in [6, 6.07) is 3.66. The summed E-state index contributed by atoms with van der Waals surface area (Å²) in [5, 5.41) is 6.24. The Morgan fingerprint density at radius 3 is 2.55 bits per heavy atom. The topological polar surface area (TPSA) is 59.6 Å². The highest BCUT2D eigenvalue weighted by Gasteiger charge is 2.22. The summed E-state index contributed by atoms with van der Waals surface area (Å²) >= 11 is 3.47. The minimum atomic E-state index is 0.0730. The minimum Gasteiger partial charge on any atom is -0.486 e. The van der Waals surface area contributed by atoms with Gasteiger partial charge in [-0.15, -0.1) is 0 Å². The molecule has 1 amide bonds. The van der Waals surface area contributed by atoms with Crippen molar-refractivity contribution < 1.29 is 14.3 Å². The number of amides is 1. The van der Waals surface area contributed by atoms with Gasteiger partial charge < -0.3 is 20.1 Å². The van der Waals surface area contributed by atoms with Gasteiger partial charge in [-0.2, -0.15) is 0 Å². The van der Waals surface area contributed by atoms with E-state index in [0.717, 1.165) is 36.1 Å². The molecule has 0 atom stereocenters. The van der Waals surface area contributed by atoms with E-state index in [-0.39, 0.29) is 11.8 Å². The Bertz CT molecular complexity index is 515. The molecule has 2 aliphatic rings. The van der Waals surface area contributed by atoms with Crippen LogP contribution >= 0.6 is 15.9 Å². The van der Waals surface area contributed by atoms with Crippen LogP contribution in [0.15, 0.2) is 16.6 Å². The van der Waals surface area contributed by atoms with Gasteiger partial charge in [0.15, 0.2) is 11.5 Å². The normalized spacial score (nSPS) is 18.6. The van der Waals surface area contributed by atoms with Crippen LogP contribution in [0.1, 0.15) is 12.8 Å². The van der Waals surface area contributed by atoms with Crippen molar-refractivity contribution in [3.05, 3.63) is 16.6 Å². The van der Waals surface area contributed by atoms with Crippen molar-refractivity contribution in [1.29, 1.82) is 0 Å². The molecule has 6 heteroatoms.